The third kappa shape index (κ3) is 1.91. The van der Waals surface area contributed by atoms with Crippen LogP contribution >= 0.6 is 0 Å². The number of nitrogens with one attached hydrogen (secondary N) is 1. The average molecular weight is 197 g/mol. The van der Waals surface area contributed by atoms with Crippen molar-refractivity contribution in [3.63, 3.8) is 0 Å². The van der Waals surface area contributed by atoms with Gasteiger partial charge in [-0.15, -0.1) is 0 Å². The molecular formula is C10H19N3O. The van der Waals surface area contributed by atoms with Crippen LogP contribution in [0.1, 0.15) is 13.3 Å². The normalized spacial score (nSPS) is 36.5. The minimum atomic E-state index is 0.214. The Bertz CT molecular complexity index is 215. The van der Waals surface area contributed by atoms with Gasteiger partial charge in [-0.05, 0) is 19.9 Å². The van der Waals surface area contributed by atoms with Crippen LogP contribution in [0.5, 0.6) is 0 Å². The maximum absolute atomic E-state index is 7.84. The van der Waals surface area contributed by atoms with Crippen LogP contribution in [-0.4, -0.2) is 61.1 Å². The van der Waals surface area contributed by atoms with Crippen LogP contribution in [0.15, 0.2) is 0 Å². The van der Waals surface area contributed by atoms with E-state index in [1.165, 1.54) is 13.0 Å². The molecule has 3 heterocycles. The lowest BCUT2D eigenvalue weighted by atomic mass is 10.2. The summed E-state index contributed by atoms with van der Waals surface area (Å²) in [6.07, 6.45) is 1.23. The van der Waals surface area contributed by atoms with Gasteiger partial charge in [-0.3, -0.25) is 15.2 Å². The van der Waals surface area contributed by atoms with Gasteiger partial charge in [-0.25, -0.2) is 0 Å². The van der Waals surface area contributed by atoms with Gasteiger partial charge in [0.2, 0.25) is 0 Å². The Labute approximate surface area is 85.3 Å². The van der Waals surface area contributed by atoms with Crippen LogP contribution in [0.2, 0.25) is 0 Å². The summed E-state index contributed by atoms with van der Waals surface area (Å²) >= 11 is 0. The zero-order chi connectivity index (χ0) is 9.97. The summed E-state index contributed by atoms with van der Waals surface area (Å²) in [5.41, 5.74) is 0. The minimum absolute atomic E-state index is 0.214. The lowest BCUT2D eigenvalue weighted by molar-refractivity contribution is 0.130. The molecule has 0 aliphatic carbocycles. The molecule has 3 aliphatic heterocycles. The topological polar surface area (TPSA) is 39.6 Å². The van der Waals surface area contributed by atoms with Crippen molar-refractivity contribution in [1.29, 1.82) is 5.41 Å². The van der Waals surface area contributed by atoms with E-state index in [-0.39, 0.29) is 6.04 Å². The zero-order valence-electron chi connectivity index (χ0n) is 8.83. The smallest absolute Gasteiger partial charge is 0.199 e. The van der Waals surface area contributed by atoms with E-state index in [9.17, 15) is 0 Å². The summed E-state index contributed by atoms with van der Waals surface area (Å²) < 4.78 is 5.30. The summed E-state index contributed by atoms with van der Waals surface area (Å²) in [5.74, 6) is 0.458. The zero-order valence-corrected chi connectivity index (χ0v) is 8.83. The first-order valence-corrected chi connectivity index (χ1v) is 5.49. The SMILES string of the molecule is CCOC(=N)C1CN2CCCN1CC2. The Morgan fingerprint density at radius 3 is 3.00 bits per heavy atom. The van der Waals surface area contributed by atoms with E-state index in [2.05, 4.69) is 9.80 Å². The van der Waals surface area contributed by atoms with Gasteiger partial charge in [-0.1, -0.05) is 0 Å². The molecule has 4 heteroatoms. The molecule has 3 aliphatic rings. The molecule has 4 nitrogen and oxygen atoms in total. The Morgan fingerprint density at radius 1 is 1.36 bits per heavy atom. The highest BCUT2D eigenvalue weighted by Crippen LogP contribution is 2.16. The first-order valence-electron chi connectivity index (χ1n) is 5.49. The van der Waals surface area contributed by atoms with Gasteiger partial charge in [0.1, 0.15) is 0 Å². The van der Waals surface area contributed by atoms with Gasteiger partial charge < -0.3 is 4.74 Å². The number of rotatable bonds is 2. The van der Waals surface area contributed by atoms with E-state index < -0.39 is 0 Å². The first kappa shape index (κ1) is 9.93. The quantitative estimate of drug-likeness (QED) is 0.514. The number of ether oxygens (including phenoxy) is 1. The van der Waals surface area contributed by atoms with Crippen molar-refractivity contribution in [3.05, 3.63) is 0 Å². The van der Waals surface area contributed by atoms with Crippen LogP contribution < -0.4 is 0 Å². The predicted molar refractivity (Wildman–Crippen MR) is 55.8 cm³/mol. The molecular weight excluding hydrogens is 178 g/mol. The third-order valence-corrected chi connectivity index (χ3v) is 3.10. The first-order chi connectivity index (χ1) is 6.81. The van der Waals surface area contributed by atoms with Crippen molar-refractivity contribution < 1.29 is 4.74 Å². The summed E-state index contributed by atoms with van der Waals surface area (Å²) in [7, 11) is 0. The molecule has 14 heavy (non-hydrogen) atoms. The molecule has 2 bridgehead atoms. The molecule has 3 rings (SSSR count). The molecule has 0 aromatic carbocycles. The predicted octanol–water partition coefficient (Wildman–Crippen LogP) is 0.390. The molecule has 0 spiro atoms. The fourth-order valence-electron chi connectivity index (χ4n) is 2.35. The number of hydrogen-bond donors (Lipinski definition) is 1. The van der Waals surface area contributed by atoms with Gasteiger partial charge in [0, 0.05) is 26.2 Å². The van der Waals surface area contributed by atoms with Crippen molar-refractivity contribution >= 4 is 5.90 Å². The highest BCUT2D eigenvalue weighted by molar-refractivity contribution is 5.79. The van der Waals surface area contributed by atoms with E-state index in [1.807, 2.05) is 6.92 Å². The monoisotopic (exact) mass is 197 g/mol. The highest BCUT2D eigenvalue weighted by Gasteiger charge is 2.33. The summed E-state index contributed by atoms with van der Waals surface area (Å²) in [5, 5.41) is 7.84. The number of fused-ring (bicyclic) bond motifs is 4. The molecule has 3 saturated heterocycles. The number of piperazine rings is 1. The molecule has 3 fully saturated rings. The van der Waals surface area contributed by atoms with Crippen LogP contribution in [0.4, 0.5) is 0 Å². The maximum atomic E-state index is 7.84. The highest BCUT2D eigenvalue weighted by atomic mass is 16.5. The van der Waals surface area contributed by atoms with Crippen molar-refractivity contribution in [2.45, 2.75) is 19.4 Å². The van der Waals surface area contributed by atoms with Gasteiger partial charge in [0.05, 0.1) is 12.6 Å². The Balaban J connectivity index is 2.01. The molecule has 3 unspecified atom stereocenters. The molecule has 0 aromatic rings. The Hall–Kier alpha value is -0.610. The largest absolute Gasteiger partial charge is 0.480 e. The van der Waals surface area contributed by atoms with Crippen molar-refractivity contribution in [2.24, 2.45) is 0 Å². The lowest BCUT2D eigenvalue weighted by Gasteiger charge is -2.36. The summed E-state index contributed by atoms with van der Waals surface area (Å²) in [4.78, 5) is 4.84. The molecule has 0 amide bonds. The van der Waals surface area contributed by atoms with Crippen molar-refractivity contribution in [3.8, 4) is 0 Å². The number of hydrogen-bond acceptors (Lipinski definition) is 4. The van der Waals surface area contributed by atoms with Gasteiger partial charge >= 0.3 is 0 Å². The average Bonchev–Trinajstić information content (AvgIpc) is 2.52. The molecule has 0 aromatic heterocycles. The fraction of sp³-hybridized carbons (Fsp3) is 0.900. The van der Waals surface area contributed by atoms with Crippen LogP contribution in [0.25, 0.3) is 0 Å². The molecule has 3 atom stereocenters. The van der Waals surface area contributed by atoms with Crippen molar-refractivity contribution in [2.75, 3.05) is 39.3 Å². The maximum Gasteiger partial charge on any atom is 0.199 e. The summed E-state index contributed by atoms with van der Waals surface area (Å²) in [6.45, 7) is 8.11. The summed E-state index contributed by atoms with van der Waals surface area (Å²) in [6, 6.07) is 0.214. The van der Waals surface area contributed by atoms with Crippen LogP contribution in [0.3, 0.4) is 0 Å². The van der Waals surface area contributed by atoms with E-state index in [4.69, 9.17) is 10.1 Å². The minimum Gasteiger partial charge on any atom is -0.480 e. The molecule has 80 valence electrons. The fourth-order valence-corrected chi connectivity index (χ4v) is 2.35. The second-order valence-corrected chi connectivity index (χ2v) is 4.00. The lowest BCUT2D eigenvalue weighted by Crippen LogP contribution is -2.53. The van der Waals surface area contributed by atoms with Crippen molar-refractivity contribution in [1.82, 2.24) is 9.80 Å². The van der Waals surface area contributed by atoms with Crippen LogP contribution in [0, 0.1) is 5.41 Å². The second kappa shape index (κ2) is 4.28. The third-order valence-electron chi connectivity index (χ3n) is 3.10. The van der Waals surface area contributed by atoms with E-state index in [0.29, 0.717) is 12.5 Å². The van der Waals surface area contributed by atoms with Gasteiger partial charge in [0.25, 0.3) is 0 Å². The Kier molecular flexibility index (Phi) is 3.03. The van der Waals surface area contributed by atoms with E-state index in [0.717, 1.165) is 26.2 Å². The number of nitrogens with zero attached hydrogens (tertiary/aromatic N) is 2. The molecule has 1 N–H and O–H groups in total. The Morgan fingerprint density at radius 2 is 2.21 bits per heavy atom. The van der Waals surface area contributed by atoms with Gasteiger partial charge in [0.15, 0.2) is 5.90 Å². The molecule has 0 saturated carbocycles. The molecule has 0 radical (unpaired) electrons. The van der Waals surface area contributed by atoms with E-state index >= 15 is 0 Å². The second-order valence-electron chi connectivity index (χ2n) is 4.00. The van der Waals surface area contributed by atoms with E-state index in [1.54, 1.807) is 0 Å². The van der Waals surface area contributed by atoms with Gasteiger partial charge in [-0.2, -0.15) is 0 Å². The van der Waals surface area contributed by atoms with Crippen LogP contribution in [-0.2, 0) is 4.74 Å². The standard InChI is InChI=1S/C10H19N3O/c1-2-14-10(11)9-8-12-4-3-5-13(9)7-6-12/h9,11H,2-8H2,1H3.